The molecule has 5 nitrogen and oxygen atoms in total. The first-order valence-electron chi connectivity index (χ1n) is 7.69. The SMILES string of the molecule is COC(=O)c1ccc(-c2cc(-c3ccc(Br)cc3)nc(N)c2C#N)cc1. The maximum atomic E-state index is 11.6. The Balaban J connectivity index is 2.12. The Hall–Kier alpha value is -3.17. The zero-order valence-corrected chi connectivity index (χ0v) is 15.4. The van der Waals surface area contributed by atoms with Crippen LogP contribution in [0.2, 0.25) is 0 Å². The molecule has 0 unspecified atom stereocenters. The summed E-state index contributed by atoms with van der Waals surface area (Å²) < 4.78 is 5.67. The number of aromatic nitrogens is 1. The van der Waals surface area contributed by atoms with Crippen LogP contribution in [0.25, 0.3) is 22.4 Å². The molecule has 0 aliphatic carbocycles. The molecule has 2 aromatic carbocycles. The molecule has 1 aromatic heterocycles. The number of benzene rings is 2. The molecular formula is C20H14BrN3O2. The molecule has 0 bridgehead atoms. The zero-order valence-electron chi connectivity index (χ0n) is 13.9. The van der Waals surface area contributed by atoms with Crippen molar-refractivity contribution in [3.8, 4) is 28.5 Å². The number of nitrogens with two attached hydrogens (primary N) is 1. The smallest absolute Gasteiger partial charge is 0.337 e. The molecule has 0 fully saturated rings. The number of carbonyl (C=O) groups excluding carboxylic acids is 1. The molecule has 0 aliphatic rings. The Morgan fingerprint density at radius 3 is 2.31 bits per heavy atom. The molecule has 3 aromatic rings. The molecule has 6 heteroatoms. The van der Waals surface area contributed by atoms with Crippen LogP contribution in [0, 0.1) is 11.3 Å². The summed E-state index contributed by atoms with van der Waals surface area (Å²) in [6.07, 6.45) is 0. The van der Waals surface area contributed by atoms with Gasteiger partial charge in [0, 0.05) is 15.6 Å². The summed E-state index contributed by atoms with van der Waals surface area (Å²) in [6.45, 7) is 0. The second-order valence-corrected chi connectivity index (χ2v) is 6.42. The monoisotopic (exact) mass is 407 g/mol. The summed E-state index contributed by atoms with van der Waals surface area (Å²) in [6, 6.07) is 18.4. The number of anilines is 1. The summed E-state index contributed by atoms with van der Waals surface area (Å²) in [7, 11) is 1.33. The lowest BCUT2D eigenvalue weighted by Crippen LogP contribution is -2.02. The number of nitriles is 1. The van der Waals surface area contributed by atoms with Crippen LogP contribution < -0.4 is 5.73 Å². The van der Waals surface area contributed by atoms with Crippen molar-refractivity contribution in [2.45, 2.75) is 0 Å². The second-order valence-electron chi connectivity index (χ2n) is 5.50. The minimum Gasteiger partial charge on any atom is -0.465 e. The summed E-state index contributed by atoms with van der Waals surface area (Å²) in [5.74, 6) is -0.248. The lowest BCUT2D eigenvalue weighted by atomic mass is 9.97. The standard InChI is InChI=1S/C20H14BrN3O2/c1-26-20(25)14-4-2-12(3-5-14)16-10-18(24-19(23)17(16)11-22)13-6-8-15(21)9-7-13/h2-10H,1H3,(H2,23,24). The second kappa shape index (κ2) is 7.38. The van der Waals surface area contributed by atoms with Crippen molar-refractivity contribution in [1.29, 1.82) is 5.26 Å². The third-order valence-corrected chi connectivity index (χ3v) is 4.44. The van der Waals surface area contributed by atoms with Crippen LogP contribution in [-0.2, 0) is 4.74 Å². The predicted molar refractivity (Wildman–Crippen MR) is 103 cm³/mol. The maximum Gasteiger partial charge on any atom is 0.337 e. The first-order valence-corrected chi connectivity index (χ1v) is 8.48. The van der Waals surface area contributed by atoms with Gasteiger partial charge in [-0.1, -0.05) is 40.2 Å². The van der Waals surface area contributed by atoms with E-state index in [4.69, 9.17) is 10.5 Å². The van der Waals surface area contributed by atoms with Gasteiger partial charge in [0.05, 0.1) is 18.4 Å². The van der Waals surface area contributed by atoms with Crippen LogP contribution in [0.15, 0.2) is 59.1 Å². The maximum absolute atomic E-state index is 11.6. The Labute approximate surface area is 159 Å². The summed E-state index contributed by atoms with van der Waals surface area (Å²) in [4.78, 5) is 16.0. The van der Waals surface area contributed by atoms with Crippen LogP contribution >= 0.6 is 15.9 Å². The Kier molecular flexibility index (Phi) is 5.01. The largest absolute Gasteiger partial charge is 0.465 e. The van der Waals surface area contributed by atoms with Crippen LogP contribution in [0.4, 0.5) is 5.82 Å². The Morgan fingerprint density at radius 2 is 1.73 bits per heavy atom. The van der Waals surface area contributed by atoms with Crippen molar-refractivity contribution >= 4 is 27.7 Å². The van der Waals surface area contributed by atoms with Gasteiger partial charge < -0.3 is 10.5 Å². The van der Waals surface area contributed by atoms with Gasteiger partial charge in [-0.25, -0.2) is 9.78 Å². The van der Waals surface area contributed by atoms with Gasteiger partial charge in [-0.15, -0.1) is 0 Å². The molecule has 1 heterocycles. The molecule has 0 radical (unpaired) electrons. The van der Waals surface area contributed by atoms with E-state index in [9.17, 15) is 10.1 Å². The van der Waals surface area contributed by atoms with Crippen LogP contribution in [0.3, 0.4) is 0 Å². The van der Waals surface area contributed by atoms with E-state index in [2.05, 4.69) is 27.0 Å². The highest BCUT2D eigenvalue weighted by Crippen LogP contribution is 2.31. The van der Waals surface area contributed by atoms with Crippen LogP contribution in [-0.4, -0.2) is 18.1 Å². The van der Waals surface area contributed by atoms with Crippen molar-refractivity contribution in [2.75, 3.05) is 12.8 Å². The van der Waals surface area contributed by atoms with Gasteiger partial charge >= 0.3 is 5.97 Å². The van der Waals surface area contributed by atoms with Crippen molar-refractivity contribution in [1.82, 2.24) is 4.98 Å². The van der Waals surface area contributed by atoms with Crippen LogP contribution in [0.5, 0.6) is 0 Å². The van der Waals surface area contributed by atoms with E-state index < -0.39 is 5.97 Å². The number of nitrogens with zero attached hydrogens (tertiary/aromatic N) is 2. The average Bonchev–Trinajstić information content (AvgIpc) is 2.67. The van der Waals surface area contributed by atoms with Crippen molar-refractivity contribution in [2.24, 2.45) is 0 Å². The number of hydrogen-bond donors (Lipinski definition) is 1. The summed E-state index contributed by atoms with van der Waals surface area (Å²) in [5, 5.41) is 9.49. The van der Waals surface area contributed by atoms with E-state index in [1.165, 1.54) is 7.11 Å². The third-order valence-electron chi connectivity index (χ3n) is 3.92. The highest BCUT2D eigenvalue weighted by atomic mass is 79.9. The van der Waals surface area contributed by atoms with Gasteiger partial charge in [0.15, 0.2) is 0 Å². The van der Waals surface area contributed by atoms with E-state index in [0.29, 0.717) is 22.4 Å². The minimum absolute atomic E-state index is 0.167. The molecule has 0 atom stereocenters. The molecule has 26 heavy (non-hydrogen) atoms. The molecule has 0 saturated heterocycles. The fourth-order valence-corrected chi connectivity index (χ4v) is 2.85. The normalized spacial score (nSPS) is 10.2. The molecule has 2 N–H and O–H groups in total. The van der Waals surface area contributed by atoms with Gasteiger partial charge in [-0.05, 0) is 35.9 Å². The number of methoxy groups -OCH3 is 1. The topological polar surface area (TPSA) is 89.0 Å². The lowest BCUT2D eigenvalue weighted by molar-refractivity contribution is 0.0601. The fraction of sp³-hybridized carbons (Fsp3) is 0.0500. The first-order chi connectivity index (χ1) is 12.5. The van der Waals surface area contributed by atoms with E-state index in [-0.39, 0.29) is 5.82 Å². The Morgan fingerprint density at radius 1 is 1.12 bits per heavy atom. The van der Waals surface area contributed by atoms with Gasteiger partial charge in [0.1, 0.15) is 17.5 Å². The van der Waals surface area contributed by atoms with Crippen molar-refractivity contribution in [3.63, 3.8) is 0 Å². The van der Waals surface area contributed by atoms with Crippen molar-refractivity contribution < 1.29 is 9.53 Å². The highest BCUT2D eigenvalue weighted by molar-refractivity contribution is 9.10. The average molecular weight is 408 g/mol. The van der Waals surface area contributed by atoms with E-state index in [1.54, 1.807) is 24.3 Å². The Bertz CT molecular complexity index is 1010. The third kappa shape index (κ3) is 3.44. The van der Waals surface area contributed by atoms with Crippen molar-refractivity contribution in [3.05, 3.63) is 70.2 Å². The van der Waals surface area contributed by atoms with Gasteiger partial charge in [0.25, 0.3) is 0 Å². The number of carbonyl (C=O) groups is 1. The molecule has 0 saturated carbocycles. The van der Waals surface area contributed by atoms with Gasteiger partial charge in [0.2, 0.25) is 0 Å². The first kappa shape index (κ1) is 17.6. The van der Waals surface area contributed by atoms with Gasteiger partial charge in [-0.2, -0.15) is 5.26 Å². The zero-order chi connectivity index (χ0) is 18.7. The van der Waals surface area contributed by atoms with E-state index >= 15 is 0 Å². The quantitative estimate of drug-likeness (QED) is 0.649. The lowest BCUT2D eigenvalue weighted by Gasteiger charge is -2.11. The number of halogens is 1. The number of esters is 1. The minimum atomic E-state index is -0.415. The molecule has 128 valence electrons. The molecule has 0 amide bonds. The molecule has 0 aliphatic heterocycles. The number of pyridine rings is 1. The van der Waals surface area contributed by atoms with E-state index in [1.807, 2.05) is 30.3 Å². The summed E-state index contributed by atoms with van der Waals surface area (Å²) in [5.41, 5.74) is 9.74. The number of ether oxygens (including phenoxy) is 1. The number of rotatable bonds is 3. The molecular weight excluding hydrogens is 394 g/mol. The van der Waals surface area contributed by atoms with E-state index in [0.717, 1.165) is 15.6 Å². The molecule has 3 rings (SSSR count). The number of hydrogen-bond acceptors (Lipinski definition) is 5. The molecule has 0 spiro atoms. The summed E-state index contributed by atoms with van der Waals surface area (Å²) >= 11 is 3.40. The highest BCUT2D eigenvalue weighted by Gasteiger charge is 2.14. The fourth-order valence-electron chi connectivity index (χ4n) is 2.58. The van der Waals surface area contributed by atoms with Crippen LogP contribution in [0.1, 0.15) is 15.9 Å². The predicted octanol–water partition coefficient (Wildman–Crippen LogP) is 4.42. The number of nitrogen functional groups attached to an aromatic ring is 1. The van der Waals surface area contributed by atoms with Gasteiger partial charge in [-0.3, -0.25) is 0 Å².